The molecule has 1 aliphatic carbocycles. The number of rotatable bonds is 6. The number of carbonyl (C=O) groups is 2. The van der Waals surface area contributed by atoms with Crippen molar-refractivity contribution in [2.24, 2.45) is 5.41 Å². The molecule has 1 aliphatic rings. The molecule has 0 radical (unpaired) electrons. The van der Waals surface area contributed by atoms with E-state index in [0.29, 0.717) is 13.0 Å². The van der Waals surface area contributed by atoms with Crippen LogP contribution >= 0.6 is 0 Å². The molecule has 1 aromatic rings. The van der Waals surface area contributed by atoms with Gasteiger partial charge < -0.3 is 10.4 Å². The first-order valence-electron chi connectivity index (χ1n) is 6.98. The van der Waals surface area contributed by atoms with Gasteiger partial charge in [0.15, 0.2) is 0 Å². The molecule has 6 nitrogen and oxygen atoms in total. The summed E-state index contributed by atoms with van der Waals surface area (Å²) < 4.78 is 0. The summed E-state index contributed by atoms with van der Waals surface area (Å²) >= 11 is 0. The monoisotopic (exact) mass is 279 g/mol. The van der Waals surface area contributed by atoms with Gasteiger partial charge in [-0.15, -0.1) is 0 Å². The van der Waals surface area contributed by atoms with Crippen molar-refractivity contribution in [1.82, 2.24) is 15.5 Å². The topological polar surface area (TPSA) is 95.1 Å². The lowest BCUT2D eigenvalue weighted by Gasteiger charge is -2.26. The largest absolute Gasteiger partial charge is 0.481 e. The van der Waals surface area contributed by atoms with Crippen molar-refractivity contribution in [3.8, 4) is 0 Å². The summed E-state index contributed by atoms with van der Waals surface area (Å²) in [5.74, 6) is -0.890. The molecular weight excluding hydrogens is 258 g/mol. The van der Waals surface area contributed by atoms with Crippen molar-refractivity contribution in [3.05, 3.63) is 17.5 Å². The predicted molar refractivity (Wildman–Crippen MR) is 72.9 cm³/mol. The van der Waals surface area contributed by atoms with Crippen LogP contribution in [-0.2, 0) is 16.1 Å². The summed E-state index contributed by atoms with van der Waals surface area (Å²) in [6.45, 7) is 2.34. The molecule has 3 N–H and O–H groups in total. The van der Waals surface area contributed by atoms with Crippen molar-refractivity contribution >= 4 is 11.9 Å². The zero-order valence-corrected chi connectivity index (χ0v) is 11.7. The molecule has 2 rings (SSSR count). The van der Waals surface area contributed by atoms with Crippen LogP contribution in [0, 0.1) is 12.3 Å². The summed E-state index contributed by atoms with van der Waals surface area (Å²) in [6, 6.07) is 0. The summed E-state index contributed by atoms with van der Waals surface area (Å²) in [5, 5.41) is 18.6. The molecule has 110 valence electrons. The first-order valence-corrected chi connectivity index (χ1v) is 6.98. The van der Waals surface area contributed by atoms with E-state index in [2.05, 4.69) is 15.5 Å². The maximum Gasteiger partial charge on any atom is 0.303 e. The van der Waals surface area contributed by atoms with Crippen molar-refractivity contribution in [1.29, 1.82) is 0 Å². The molecule has 0 atom stereocenters. The van der Waals surface area contributed by atoms with Gasteiger partial charge in [-0.1, -0.05) is 12.8 Å². The summed E-state index contributed by atoms with van der Waals surface area (Å²) in [6.07, 6.45) is 5.78. The minimum Gasteiger partial charge on any atom is -0.481 e. The lowest BCUT2D eigenvalue weighted by atomic mass is 9.79. The molecule has 0 spiro atoms. The lowest BCUT2D eigenvalue weighted by Crippen LogP contribution is -2.31. The van der Waals surface area contributed by atoms with Crippen LogP contribution in [0.5, 0.6) is 0 Å². The van der Waals surface area contributed by atoms with Crippen LogP contribution in [0.25, 0.3) is 0 Å². The first kappa shape index (κ1) is 14.6. The molecule has 1 fully saturated rings. The third-order valence-corrected chi connectivity index (χ3v) is 4.14. The van der Waals surface area contributed by atoms with E-state index < -0.39 is 5.97 Å². The maximum atomic E-state index is 12.1. The SMILES string of the molecule is Cc1[nH]ncc1CNC(=O)CC1(CC(=O)O)CCCC1. The highest BCUT2D eigenvalue weighted by molar-refractivity contribution is 5.78. The third-order valence-electron chi connectivity index (χ3n) is 4.14. The van der Waals surface area contributed by atoms with Gasteiger partial charge in [-0.3, -0.25) is 14.7 Å². The number of carbonyl (C=O) groups excluding carboxylic acids is 1. The number of carboxylic acid groups (broad SMARTS) is 1. The van der Waals surface area contributed by atoms with Gasteiger partial charge in [-0.25, -0.2) is 0 Å². The molecule has 1 amide bonds. The van der Waals surface area contributed by atoms with Crippen LogP contribution in [0.3, 0.4) is 0 Å². The van der Waals surface area contributed by atoms with Gasteiger partial charge in [0.1, 0.15) is 0 Å². The molecule has 20 heavy (non-hydrogen) atoms. The second-order valence-electron chi connectivity index (χ2n) is 5.75. The molecule has 1 aromatic heterocycles. The van der Waals surface area contributed by atoms with Crippen molar-refractivity contribution in [2.75, 3.05) is 0 Å². The predicted octanol–water partition coefficient (Wildman–Crippen LogP) is 1.76. The van der Waals surface area contributed by atoms with Crippen molar-refractivity contribution in [2.45, 2.75) is 52.0 Å². The Labute approximate surface area is 118 Å². The number of nitrogens with zero attached hydrogens (tertiary/aromatic N) is 1. The van der Waals surface area contributed by atoms with Gasteiger partial charge in [0, 0.05) is 24.2 Å². The molecule has 1 saturated carbocycles. The van der Waals surface area contributed by atoms with Gasteiger partial charge in [-0.05, 0) is 25.2 Å². The summed E-state index contributed by atoms with van der Waals surface area (Å²) in [5.41, 5.74) is 1.55. The Morgan fingerprint density at radius 3 is 2.65 bits per heavy atom. The molecule has 1 heterocycles. The zero-order valence-electron chi connectivity index (χ0n) is 11.7. The van der Waals surface area contributed by atoms with E-state index in [0.717, 1.165) is 36.9 Å². The lowest BCUT2D eigenvalue weighted by molar-refractivity contribution is -0.140. The minimum atomic E-state index is -0.814. The number of aromatic nitrogens is 2. The Bertz CT molecular complexity index is 490. The van der Waals surface area contributed by atoms with Crippen LogP contribution in [-0.4, -0.2) is 27.2 Å². The van der Waals surface area contributed by atoms with E-state index in [1.54, 1.807) is 6.20 Å². The molecule has 6 heteroatoms. The number of H-pyrrole nitrogens is 1. The number of hydrogen-bond donors (Lipinski definition) is 3. The summed E-state index contributed by atoms with van der Waals surface area (Å²) in [7, 11) is 0. The van der Waals surface area contributed by atoms with Gasteiger partial charge in [0.05, 0.1) is 12.6 Å². The first-order chi connectivity index (χ1) is 9.51. The highest BCUT2D eigenvalue weighted by Gasteiger charge is 2.37. The quantitative estimate of drug-likeness (QED) is 0.739. The number of hydrogen-bond acceptors (Lipinski definition) is 3. The zero-order chi connectivity index (χ0) is 14.6. The average Bonchev–Trinajstić information content (AvgIpc) is 2.96. The van der Waals surface area contributed by atoms with E-state index in [1.807, 2.05) is 6.92 Å². The van der Waals surface area contributed by atoms with Crippen LogP contribution in [0.1, 0.15) is 49.8 Å². The third kappa shape index (κ3) is 3.59. The van der Waals surface area contributed by atoms with Crippen molar-refractivity contribution < 1.29 is 14.7 Å². The van der Waals surface area contributed by atoms with Crippen LogP contribution < -0.4 is 5.32 Å². The van der Waals surface area contributed by atoms with Crippen LogP contribution in [0.2, 0.25) is 0 Å². The molecule has 0 aromatic carbocycles. The van der Waals surface area contributed by atoms with Crippen LogP contribution in [0.15, 0.2) is 6.20 Å². The van der Waals surface area contributed by atoms with Gasteiger partial charge in [-0.2, -0.15) is 5.10 Å². The second kappa shape index (κ2) is 6.07. The van der Waals surface area contributed by atoms with E-state index in [1.165, 1.54) is 0 Å². The number of nitrogens with one attached hydrogen (secondary N) is 2. The molecule has 0 unspecified atom stereocenters. The second-order valence-corrected chi connectivity index (χ2v) is 5.75. The molecule has 0 saturated heterocycles. The van der Waals surface area contributed by atoms with Gasteiger partial charge in [0.25, 0.3) is 0 Å². The van der Waals surface area contributed by atoms with E-state index in [9.17, 15) is 9.59 Å². The fraction of sp³-hybridized carbons (Fsp3) is 0.643. The smallest absolute Gasteiger partial charge is 0.303 e. The number of amides is 1. The Hall–Kier alpha value is -1.85. The highest BCUT2D eigenvalue weighted by Crippen LogP contribution is 2.43. The Kier molecular flexibility index (Phi) is 4.42. The Balaban J connectivity index is 1.89. The fourth-order valence-corrected chi connectivity index (χ4v) is 3.01. The maximum absolute atomic E-state index is 12.1. The fourth-order valence-electron chi connectivity index (χ4n) is 3.01. The van der Waals surface area contributed by atoms with Crippen molar-refractivity contribution in [3.63, 3.8) is 0 Å². The van der Waals surface area contributed by atoms with E-state index in [4.69, 9.17) is 5.11 Å². The van der Waals surface area contributed by atoms with E-state index in [-0.39, 0.29) is 17.7 Å². The minimum absolute atomic E-state index is 0.0752. The van der Waals surface area contributed by atoms with Gasteiger partial charge >= 0.3 is 5.97 Å². The number of aryl methyl sites for hydroxylation is 1. The van der Waals surface area contributed by atoms with Gasteiger partial charge in [0.2, 0.25) is 5.91 Å². The number of carboxylic acids is 1. The Morgan fingerprint density at radius 2 is 2.10 bits per heavy atom. The number of aliphatic carboxylic acids is 1. The van der Waals surface area contributed by atoms with Crippen LogP contribution in [0.4, 0.5) is 0 Å². The standard InChI is InChI=1S/C14H21N3O3/c1-10-11(9-16-17-10)8-15-12(18)6-14(7-13(19)20)4-2-3-5-14/h9H,2-8H2,1H3,(H,15,18)(H,16,17)(H,19,20). The number of aromatic amines is 1. The normalized spacial score (nSPS) is 17.1. The molecule has 0 bridgehead atoms. The summed E-state index contributed by atoms with van der Waals surface area (Å²) in [4.78, 5) is 23.0. The van der Waals surface area contributed by atoms with E-state index >= 15 is 0 Å². The Morgan fingerprint density at radius 1 is 1.40 bits per heavy atom. The highest BCUT2D eigenvalue weighted by atomic mass is 16.4. The average molecular weight is 279 g/mol. The molecular formula is C14H21N3O3. The molecule has 0 aliphatic heterocycles.